The predicted molar refractivity (Wildman–Crippen MR) is 56.3 cm³/mol. The molecule has 3 nitrogen and oxygen atoms in total. The molecule has 0 aliphatic carbocycles. The second kappa shape index (κ2) is 5.47. The van der Waals surface area contributed by atoms with Crippen LogP contribution in [0.4, 0.5) is 0 Å². The number of hydrogen-bond donors (Lipinski definition) is 0. The molecule has 1 aliphatic rings. The number of Topliss-reactive ketones (excluding diaryl/α,β-unsaturated/α-hetero) is 1. The zero-order valence-electron chi connectivity index (χ0n) is 9.45. The first kappa shape index (κ1) is 11.7. The number of methoxy groups -OCH3 is 1. The standard InChI is InChI=1S/C11H21NO2/c1-9(2)11-5-4-6-12(11)7-10(13)8-14-3/h9,11H,4-8H2,1-3H3. The molecule has 0 aromatic rings. The smallest absolute Gasteiger partial charge is 0.172 e. The van der Waals surface area contributed by atoms with Crippen LogP contribution in [0.3, 0.4) is 0 Å². The van der Waals surface area contributed by atoms with Crippen molar-refractivity contribution in [3.8, 4) is 0 Å². The minimum Gasteiger partial charge on any atom is -0.377 e. The Labute approximate surface area is 86.4 Å². The molecule has 1 heterocycles. The Morgan fingerprint density at radius 2 is 2.29 bits per heavy atom. The van der Waals surface area contributed by atoms with Crippen LogP contribution in [0, 0.1) is 5.92 Å². The van der Waals surface area contributed by atoms with Gasteiger partial charge in [0.15, 0.2) is 5.78 Å². The maximum atomic E-state index is 11.4. The Hall–Kier alpha value is -0.410. The fourth-order valence-electron chi connectivity index (χ4n) is 2.24. The summed E-state index contributed by atoms with van der Waals surface area (Å²) in [5, 5.41) is 0. The molecule has 1 unspecified atom stereocenters. The summed E-state index contributed by atoms with van der Waals surface area (Å²) in [6.07, 6.45) is 2.46. The number of likely N-dealkylation sites (tertiary alicyclic amines) is 1. The van der Waals surface area contributed by atoms with Crippen molar-refractivity contribution < 1.29 is 9.53 Å². The van der Waals surface area contributed by atoms with E-state index in [9.17, 15) is 4.79 Å². The largest absolute Gasteiger partial charge is 0.377 e. The van der Waals surface area contributed by atoms with Crippen molar-refractivity contribution >= 4 is 5.78 Å². The van der Waals surface area contributed by atoms with Gasteiger partial charge in [0.25, 0.3) is 0 Å². The average molecular weight is 199 g/mol. The lowest BCUT2D eigenvalue weighted by Crippen LogP contribution is -2.38. The Morgan fingerprint density at radius 1 is 1.57 bits per heavy atom. The first-order chi connectivity index (χ1) is 6.65. The molecule has 0 bridgehead atoms. The fraction of sp³-hybridized carbons (Fsp3) is 0.909. The highest BCUT2D eigenvalue weighted by atomic mass is 16.5. The summed E-state index contributed by atoms with van der Waals surface area (Å²) in [5.74, 6) is 0.841. The zero-order chi connectivity index (χ0) is 10.6. The maximum Gasteiger partial charge on any atom is 0.172 e. The van der Waals surface area contributed by atoms with Crippen LogP contribution in [0.15, 0.2) is 0 Å². The summed E-state index contributed by atoms with van der Waals surface area (Å²) in [6, 6.07) is 0.593. The van der Waals surface area contributed by atoms with Crippen LogP contribution in [0.5, 0.6) is 0 Å². The van der Waals surface area contributed by atoms with Crippen LogP contribution in [-0.4, -0.2) is 43.5 Å². The summed E-state index contributed by atoms with van der Waals surface area (Å²) < 4.78 is 4.83. The molecule has 1 saturated heterocycles. The van der Waals surface area contributed by atoms with Crippen LogP contribution in [-0.2, 0) is 9.53 Å². The third-order valence-corrected chi connectivity index (χ3v) is 2.87. The molecule has 0 spiro atoms. The summed E-state index contributed by atoms with van der Waals surface area (Å²) in [6.45, 7) is 6.34. The van der Waals surface area contributed by atoms with Gasteiger partial charge in [0.2, 0.25) is 0 Å². The molecule has 0 amide bonds. The van der Waals surface area contributed by atoms with Gasteiger partial charge < -0.3 is 4.74 Å². The molecule has 0 radical (unpaired) electrons. The van der Waals surface area contributed by atoms with Gasteiger partial charge in [-0.05, 0) is 25.3 Å². The number of hydrogen-bond acceptors (Lipinski definition) is 3. The van der Waals surface area contributed by atoms with Crippen LogP contribution in [0.2, 0.25) is 0 Å². The van der Waals surface area contributed by atoms with Crippen molar-refractivity contribution in [2.75, 3.05) is 26.8 Å². The molecule has 14 heavy (non-hydrogen) atoms. The molecule has 1 fully saturated rings. The molecule has 0 N–H and O–H groups in total. The highest BCUT2D eigenvalue weighted by Gasteiger charge is 2.27. The van der Waals surface area contributed by atoms with Crippen molar-refractivity contribution in [2.24, 2.45) is 5.92 Å². The summed E-state index contributed by atoms with van der Waals surface area (Å²) in [4.78, 5) is 13.7. The Kier molecular flexibility index (Phi) is 4.55. The second-order valence-corrected chi connectivity index (χ2v) is 4.40. The van der Waals surface area contributed by atoms with E-state index in [0.717, 1.165) is 6.54 Å². The highest BCUT2D eigenvalue weighted by Crippen LogP contribution is 2.23. The quantitative estimate of drug-likeness (QED) is 0.669. The van der Waals surface area contributed by atoms with Gasteiger partial charge in [-0.15, -0.1) is 0 Å². The van der Waals surface area contributed by atoms with E-state index in [0.29, 0.717) is 18.5 Å². The minimum atomic E-state index is 0.194. The van der Waals surface area contributed by atoms with E-state index in [1.165, 1.54) is 12.8 Å². The molecule has 3 heteroatoms. The average Bonchev–Trinajstić information content (AvgIpc) is 2.52. The topological polar surface area (TPSA) is 29.5 Å². The molecule has 0 aromatic heterocycles. The summed E-state index contributed by atoms with van der Waals surface area (Å²) in [7, 11) is 1.57. The molecule has 0 aromatic carbocycles. The van der Waals surface area contributed by atoms with E-state index in [4.69, 9.17) is 4.74 Å². The highest BCUT2D eigenvalue weighted by molar-refractivity contribution is 5.81. The number of carbonyl (C=O) groups is 1. The molecular weight excluding hydrogens is 178 g/mol. The molecule has 1 atom stereocenters. The molecule has 1 rings (SSSR count). The van der Waals surface area contributed by atoms with Crippen molar-refractivity contribution in [3.05, 3.63) is 0 Å². The van der Waals surface area contributed by atoms with Gasteiger partial charge in [-0.1, -0.05) is 13.8 Å². The number of rotatable bonds is 5. The van der Waals surface area contributed by atoms with E-state index in [-0.39, 0.29) is 12.4 Å². The molecule has 0 saturated carbocycles. The van der Waals surface area contributed by atoms with E-state index in [2.05, 4.69) is 18.7 Å². The van der Waals surface area contributed by atoms with Gasteiger partial charge in [0, 0.05) is 13.2 Å². The number of nitrogens with zero attached hydrogens (tertiary/aromatic N) is 1. The number of carbonyl (C=O) groups excluding carboxylic acids is 1. The monoisotopic (exact) mass is 199 g/mol. The van der Waals surface area contributed by atoms with Gasteiger partial charge in [-0.25, -0.2) is 0 Å². The minimum absolute atomic E-state index is 0.194. The van der Waals surface area contributed by atoms with E-state index < -0.39 is 0 Å². The molecular formula is C11H21NO2. The maximum absolute atomic E-state index is 11.4. The third kappa shape index (κ3) is 3.07. The van der Waals surface area contributed by atoms with Crippen LogP contribution in [0.25, 0.3) is 0 Å². The first-order valence-corrected chi connectivity index (χ1v) is 5.40. The fourth-order valence-corrected chi connectivity index (χ4v) is 2.24. The summed E-state index contributed by atoms with van der Waals surface area (Å²) in [5.41, 5.74) is 0. The zero-order valence-corrected chi connectivity index (χ0v) is 9.45. The number of ketones is 1. The van der Waals surface area contributed by atoms with Crippen LogP contribution >= 0.6 is 0 Å². The first-order valence-electron chi connectivity index (χ1n) is 5.40. The number of ether oxygens (including phenoxy) is 1. The lowest BCUT2D eigenvalue weighted by molar-refractivity contribution is -0.124. The lowest BCUT2D eigenvalue weighted by atomic mass is 10.0. The van der Waals surface area contributed by atoms with E-state index >= 15 is 0 Å². The van der Waals surface area contributed by atoms with Gasteiger partial charge in [-0.3, -0.25) is 9.69 Å². The molecule has 82 valence electrons. The van der Waals surface area contributed by atoms with Crippen LogP contribution in [0.1, 0.15) is 26.7 Å². The van der Waals surface area contributed by atoms with Crippen molar-refractivity contribution in [1.82, 2.24) is 4.90 Å². The van der Waals surface area contributed by atoms with Gasteiger partial charge in [0.05, 0.1) is 6.54 Å². The Morgan fingerprint density at radius 3 is 2.86 bits per heavy atom. The second-order valence-electron chi connectivity index (χ2n) is 4.40. The molecule has 1 aliphatic heterocycles. The summed E-state index contributed by atoms with van der Waals surface area (Å²) >= 11 is 0. The Bertz CT molecular complexity index is 192. The van der Waals surface area contributed by atoms with Gasteiger partial charge in [0.1, 0.15) is 6.61 Å². The predicted octanol–water partition coefficient (Wildman–Crippen LogP) is 1.32. The lowest BCUT2D eigenvalue weighted by Gasteiger charge is -2.26. The Balaban J connectivity index is 2.39. The van der Waals surface area contributed by atoms with Crippen LogP contribution < -0.4 is 0 Å². The SMILES string of the molecule is COCC(=O)CN1CCCC1C(C)C. The van der Waals surface area contributed by atoms with Gasteiger partial charge in [-0.2, -0.15) is 0 Å². The van der Waals surface area contributed by atoms with Crippen molar-refractivity contribution in [2.45, 2.75) is 32.7 Å². The van der Waals surface area contributed by atoms with Crippen molar-refractivity contribution in [3.63, 3.8) is 0 Å². The van der Waals surface area contributed by atoms with E-state index in [1.807, 2.05) is 0 Å². The van der Waals surface area contributed by atoms with Crippen molar-refractivity contribution in [1.29, 1.82) is 0 Å². The van der Waals surface area contributed by atoms with E-state index in [1.54, 1.807) is 7.11 Å². The third-order valence-electron chi connectivity index (χ3n) is 2.87. The normalized spacial score (nSPS) is 23.3. The van der Waals surface area contributed by atoms with Gasteiger partial charge >= 0.3 is 0 Å².